The van der Waals surface area contributed by atoms with Crippen LogP contribution in [0.15, 0.2) is 53.4 Å². The minimum atomic E-state index is -3.84. The largest absolute Gasteiger partial charge is 0.480 e. The molecular formula is C20H24IN5O6S. The number of halogens is 1. The minimum absolute atomic E-state index is 0.0233. The van der Waals surface area contributed by atoms with Gasteiger partial charge in [0.2, 0.25) is 21.8 Å². The maximum absolute atomic E-state index is 12.3. The molecule has 0 heterocycles. The number of nitrogens with zero attached hydrogens (tertiary/aromatic N) is 1. The first-order chi connectivity index (χ1) is 15.5. The number of carboxylic acid groups (broad SMARTS) is 1. The van der Waals surface area contributed by atoms with Crippen molar-refractivity contribution in [2.75, 3.05) is 43.4 Å². The highest BCUT2D eigenvalue weighted by molar-refractivity contribution is 14.1. The summed E-state index contributed by atoms with van der Waals surface area (Å²) in [6, 6.07) is 12.6. The molecule has 0 aliphatic rings. The summed E-state index contributed by atoms with van der Waals surface area (Å²) in [7, 11) is -3.84. The highest BCUT2D eigenvalue weighted by atomic mass is 127. The van der Waals surface area contributed by atoms with Gasteiger partial charge in [-0.05, 0) is 71.1 Å². The Hall–Kier alpha value is -2.59. The summed E-state index contributed by atoms with van der Waals surface area (Å²) >= 11 is 2.16. The van der Waals surface area contributed by atoms with E-state index >= 15 is 0 Å². The zero-order valence-corrected chi connectivity index (χ0v) is 20.4. The third-order valence-electron chi connectivity index (χ3n) is 4.21. The average molecular weight is 589 g/mol. The molecule has 0 aliphatic carbocycles. The topological polar surface area (TPSA) is 171 Å². The van der Waals surface area contributed by atoms with Gasteiger partial charge in [-0.25, -0.2) is 13.6 Å². The van der Waals surface area contributed by atoms with E-state index in [9.17, 15) is 22.8 Å². The van der Waals surface area contributed by atoms with Crippen molar-refractivity contribution in [3.05, 3.63) is 52.1 Å². The Morgan fingerprint density at radius 1 is 0.909 bits per heavy atom. The van der Waals surface area contributed by atoms with Gasteiger partial charge in [-0.1, -0.05) is 0 Å². The Kier molecular flexibility index (Phi) is 10.2. The first kappa shape index (κ1) is 26.7. The van der Waals surface area contributed by atoms with Crippen LogP contribution in [0, 0.1) is 3.57 Å². The van der Waals surface area contributed by atoms with Crippen molar-refractivity contribution in [2.45, 2.75) is 4.90 Å². The second kappa shape index (κ2) is 12.6. The Balaban J connectivity index is 1.79. The van der Waals surface area contributed by atoms with Gasteiger partial charge in [0.1, 0.15) is 0 Å². The van der Waals surface area contributed by atoms with Crippen LogP contribution in [0.3, 0.4) is 0 Å². The van der Waals surface area contributed by atoms with Gasteiger partial charge in [0, 0.05) is 28.0 Å². The van der Waals surface area contributed by atoms with Gasteiger partial charge in [-0.2, -0.15) is 0 Å². The minimum Gasteiger partial charge on any atom is -0.480 e. The third-order valence-corrected chi connectivity index (χ3v) is 5.86. The molecule has 0 atom stereocenters. The van der Waals surface area contributed by atoms with Crippen LogP contribution < -0.4 is 21.1 Å². The number of rotatable bonds is 12. The van der Waals surface area contributed by atoms with Crippen molar-refractivity contribution in [1.29, 1.82) is 0 Å². The molecular weight excluding hydrogens is 565 g/mol. The third kappa shape index (κ3) is 10.3. The molecule has 6 N–H and O–H groups in total. The van der Waals surface area contributed by atoms with Crippen molar-refractivity contribution in [3.63, 3.8) is 0 Å². The molecule has 0 aliphatic heterocycles. The van der Waals surface area contributed by atoms with E-state index in [4.69, 9.17) is 10.2 Å². The lowest BCUT2D eigenvalue weighted by Gasteiger charge is -2.20. The molecule has 13 heteroatoms. The zero-order chi connectivity index (χ0) is 24.4. The van der Waals surface area contributed by atoms with Crippen molar-refractivity contribution in [2.24, 2.45) is 5.14 Å². The molecule has 0 spiro atoms. The molecule has 178 valence electrons. The predicted octanol–water partition coefficient (Wildman–Crippen LogP) is 0.492. The second-order valence-electron chi connectivity index (χ2n) is 6.95. The van der Waals surface area contributed by atoms with Crippen LogP contribution in [0.25, 0.3) is 0 Å². The number of nitrogens with one attached hydrogen (secondary N) is 3. The van der Waals surface area contributed by atoms with E-state index in [1.54, 1.807) is 12.1 Å². The number of benzene rings is 2. The van der Waals surface area contributed by atoms with Crippen molar-refractivity contribution >= 4 is 61.8 Å². The molecule has 2 aromatic carbocycles. The second-order valence-corrected chi connectivity index (χ2v) is 9.76. The van der Waals surface area contributed by atoms with Crippen LogP contribution in [-0.4, -0.2) is 68.9 Å². The van der Waals surface area contributed by atoms with E-state index in [-0.39, 0.29) is 43.5 Å². The lowest BCUT2D eigenvalue weighted by molar-refractivity contribution is -0.138. The van der Waals surface area contributed by atoms with Crippen LogP contribution in [0.4, 0.5) is 11.4 Å². The summed E-state index contributed by atoms with van der Waals surface area (Å²) in [5.41, 5.74) is 1.01. The van der Waals surface area contributed by atoms with Gasteiger partial charge in [0.05, 0.1) is 24.5 Å². The highest BCUT2D eigenvalue weighted by Crippen LogP contribution is 2.13. The molecule has 0 unspecified atom stereocenters. The lowest BCUT2D eigenvalue weighted by Crippen LogP contribution is -2.41. The number of hydrogen-bond acceptors (Lipinski definition) is 7. The standard InChI is InChI=1S/C20H24IN5O6S/c21-14-1-3-15(4-2-14)24-18(27)11-23-9-10-26(13-20(29)30)12-19(28)25-16-5-7-17(8-6-16)33(22,31)32/h1-8,23H,9-13H2,(H,24,27)(H,25,28)(H,29,30)(H2,22,31,32). The molecule has 0 bridgehead atoms. The van der Waals surface area contributed by atoms with E-state index in [1.807, 2.05) is 12.1 Å². The zero-order valence-electron chi connectivity index (χ0n) is 17.5. The quantitative estimate of drug-likeness (QED) is 0.176. The van der Waals surface area contributed by atoms with E-state index in [0.29, 0.717) is 11.4 Å². The Bertz CT molecular complexity index is 1080. The van der Waals surface area contributed by atoms with E-state index in [1.165, 1.54) is 29.2 Å². The number of amides is 2. The number of hydrogen-bond donors (Lipinski definition) is 5. The summed E-state index contributed by atoms with van der Waals surface area (Å²) in [5, 5.41) is 22.4. The van der Waals surface area contributed by atoms with Crippen molar-refractivity contribution in [3.8, 4) is 0 Å². The fraction of sp³-hybridized carbons (Fsp3) is 0.250. The number of anilines is 2. The summed E-state index contributed by atoms with van der Waals surface area (Å²) in [5.74, 6) is -1.82. The molecule has 11 nitrogen and oxygen atoms in total. The van der Waals surface area contributed by atoms with Gasteiger partial charge < -0.3 is 21.1 Å². The van der Waals surface area contributed by atoms with E-state index in [0.717, 1.165) is 3.57 Å². The highest BCUT2D eigenvalue weighted by Gasteiger charge is 2.15. The molecule has 0 aromatic heterocycles. The van der Waals surface area contributed by atoms with Crippen molar-refractivity contribution < 1.29 is 27.9 Å². The molecule has 33 heavy (non-hydrogen) atoms. The first-order valence-electron chi connectivity index (χ1n) is 9.66. The van der Waals surface area contributed by atoms with Gasteiger partial charge in [0.15, 0.2) is 0 Å². The van der Waals surface area contributed by atoms with Crippen LogP contribution in [0.5, 0.6) is 0 Å². The lowest BCUT2D eigenvalue weighted by atomic mass is 10.3. The number of carbonyl (C=O) groups excluding carboxylic acids is 2. The number of aliphatic carboxylic acids is 1. The summed E-state index contributed by atoms with van der Waals surface area (Å²) in [6.45, 7) is -0.0613. The first-order valence-corrected chi connectivity index (χ1v) is 12.3. The Morgan fingerprint density at radius 3 is 2.00 bits per heavy atom. The number of sulfonamides is 1. The van der Waals surface area contributed by atoms with Crippen LogP contribution >= 0.6 is 22.6 Å². The smallest absolute Gasteiger partial charge is 0.317 e. The van der Waals surface area contributed by atoms with Crippen LogP contribution in [-0.2, 0) is 24.4 Å². The summed E-state index contributed by atoms with van der Waals surface area (Å²) < 4.78 is 23.6. The maximum Gasteiger partial charge on any atom is 0.317 e. The number of carbonyl (C=O) groups is 3. The number of primary sulfonamides is 1. The van der Waals surface area contributed by atoms with E-state index in [2.05, 4.69) is 38.5 Å². The molecule has 0 saturated heterocycles. The van der Waals surface area contributed by atoms with Gasteiger partial charge in [-0.15, -0.1) is 0 Å². The van der Waals surface area contributed by atoms with Crippen molar-refractivity contribution in [1.82, 2.24) is 10.2 Å². The molecule has 2 rings (SSSR count). The SMILES string of the molecule is NS(=O)(=O)c1ccc(NC(=O)CN(CCNCC(=O)Nc2ccc(I)cc2)CC(=O)O)cc1. The van der Waals surface area contributed by atoms with Gasteiger partial charge >= 0.3 is 5.97 Å². The molecule has 0 saturated carbocycles. The summed E-state index contributed by atoms with van der Waals surface area (Å²) in [4.78, 5) is 36.7. The monoisotopic (exact) mass is 589 g/mol. The fourth-order valence-corrected chi connectivity index (χ4v) is 3.59. The van der Waals surface area contributed by atoms with E-state index < -0.39 is 21.9 Å². The molecule has 2 amide bonds. The number of nitrogens with two attached hydrogens (primary N) is 1. The van der Waals surface area contributed by atoms with Crippen LogP contribution in [0.1, 0.15) is 0 Å². The predicted molar refractivity (Wildman–Crippen MR) is 131 cm³/mol. The Morgan fingerprint density at radius 2 is 1.45 bits per heavy atom. The Labute approximate surface area is 204 Å². The molecule has 2 aromatic rings. The maximum atomic E-state index is 12.3. The van der Waals surface area contributed by atoms with Crippen LogP contribution in [0.2, 0.25) is 0 Å². The molecule has 0 fully saturated rings. The fourth-order valence-electron chi connectivity index (χ4n) is 2.71. The molecule has 0 radical (unpaired) electrons. The number of carboxylic acids is 1. The average Bonchev–Trinajstić information content (AvgIpc) is 2.72. The van der Waals surface area contributed by atoms with Gasteiger partial charge in [0.25, 0.3) is 0 Å². The van der Waals surface area contributed by atoms with Gasteiger partial charge in [-0.3, -0.25) is 19.3 Å². The normalized spacial score (nSPS) is 11.2. The summed E-state index contributed by atoms with van der Waals surface area (Å²) in [6.07, 6.45) is 0.